The molecule has 0 bridgehead atoms. The van der Waals surface area contributed by atoms with Crippen molar-refractivity contribution < 1.29 is 8.78 Å². The van der Waals surface area contributed by atoms with Crippen LogP contribution in [0.3, 0.4) is 0 Å². The van der Waals surface area contributed by atoms with Gasteiger partial charge >= 0.3 is 0 Å². The van der Waals surface area contributed by atoms with Gasteiger partial charge in [-0.2, -0.15) is 0 Å². The molecular weight excluding hydrogens is 372 g/mol. The van der Waals surface area contributed by atoms with Crippen LogP contribution in [0, 0.1) is 17.6 Å². The van der Waals surface area contributed by atoms with Gasteiger partial charge in [-0.25, -0.2) is 8.78 Å². The Labute approximate surface area is 159 Å². The SMILES string of the molecule is CC(C)C1Nc2cc(Cl)ccc2N1Cc1cc(=O)[nH]c2c(F)c(F)ccc12. The molecule has 1 unspecified atom stereocenters. The molecule has 7 heteroatoms. The molecule has 1 aromatic heterocycles. The van der Waals surface area contributed by atoms with Gasteiger partial charge in [-0.3, -0.25) is 4.79 Å². The van der Waals surface area contributed by atoms with Gasteiger partial charge in [0.1, 0.15) is 6.17 Å². The highest BCUT2D eigenvalue weighted by Gasteiger charge is 2.31. The first-order chi connectivity index (χ1) is 12.8. The monoisotopic (exact) mass is 389 g/mol. The Hall–Kier alpha value is -2.60. The first kappa shape index (κ1) is 17.8. The summed E-state index contributed by atoms with van der Waals surface area (Å²) < 4.78 is 27.8. The number of anilines is 2. The lowest BCUT2D eigenvalue weighted by Crippen LogP contribution is -2.39. The highest BCUT2D eigenvalue weighted by Crippen LogP contribution is 2.39. The molecule has 0 radical (unpaired) electrons. The number of nitrogens with zero attached hydrogens (tertiary/aromatic N) is 1. The van der Waals surface area contributed by atoms with Crippen molar-refractivity contribution in [3.8, 4) is 0 Å². The Morgan fingerprint density at radius 3 is 2.70 bits per heavy atom. The summed E-state index contributed by atoms with van der Waals surface area (Å²) in [5.41, 5.74) is 1.92. The van der Waals surface area contributed by atoms with Gasteiger partial charge in [-0.1, -0.05) is 25.4 Å². The minimum atomic E-state index is -1.04. The van der Waals surface area contributed by atoms with Crippen LogP contribution in [-0.2, 0) is 6.54 Å². The van der Waals surface area contributed by atoms with E-state index in [0.29, 0.717) is 22.5 Å². The molecule has 2 heterocycles. The fourth-order valence-electron chi connectivity index (χ4n) is 3.62. The summed E-state index contributed by atoms with van der Waals surface area (Å²) in [5.74, 6) is -1.77. The molecule has 3 aromatic rings. The molecule has 0 spiro atoms. The smallest absolute Gasteiger partial charge is 0.248 e. The third-order valence-electron chi connectivity index (χ3n) is 4.87. The van der Waals surface area contributed by atoms with Crippen LogP contribution >= 0.6 is 11.6 Å². The number of nitrogens with one attached hydrogen (secondary N) is 2. The quantitative estimate of drug-likeness (QED) is 0.671. The Morgan fingerprint density at radius 2 is 1.96 bits per heavy atom. The molecule has 140 valence electrons. The maximum atomic E-state index is 14.2. The number of halogens is 3. The lowest BCUT2D eigenvalue weighted by atomic mass is 10.1. The van der Waals surface area contributed by atoms with Gasteiger partial charge < -0.3 is 15.2 Å². The summed E-state index contributed by atoms with van der Waals surface area (Å²) >= 11 is 6.11. The van der Waals surface area contributed by atoms with Crippen LogP contribution in [0.2, 0.25) is 5.02 Å². The third-order valence-corrected chi connectivity index (χ3v) is 5.11. The molecule has 1 aliphatic rings. The van der Waals surface area contributed by atoms with Crippen molar-refractivity contribution in [2.24, 2.45) is 5.92 Å². The Bertz CT molecular complexity index is 1100. The molecule has 0 fully saturated rings. The molecule has 27 heavy (non-hydrogen) atoms. The Morgan fingerprint density at radius 1 is 1.19 bits per heavy atom. The number of hydrogen-bond acceptors (Lipinski definition) is 3. The molecule has 0 saturated heterocycles. The van der Waals surface area contributed by atoms with E-state index < -0.39 is 17.2 Å². The maximum absolute atomic E-state index is 14.2. The van der Waals surface area contributed by atoms with E-state index in [9.17, 15) is 13.6 Å². The van der Waals surface area contributed by atoms with Crippen molar-refractivity contribution in [2.45, 2.75) is 26.6 Å². The number of rotatable bonds is 3. The summed E-state index contributed by atoms with van der Waals surface area (Å²) in [4.78, 5) is 16.6. The van der Waals surface area contributed by atoms with Crippen molar-refractivity contribution in [1.29, 1.82) is 0 Å². The van der Waals surface area contributed by atoms with E-state index in [1.54, 1.807) is 0 Å². The van der Waals surface area contributed by atoms with Gasteiger partial charge in [-0.15, -0.1) is 0 Å². The number of aromatic amines is 1. The highest BCUT2D eigenvalue weighted by atomic mass is 35.5. The Balaban J connectivity index is 1.84. The van der Waals surface area contributed by atoms with Crippen LogP contribution in [0.1, 0.15) is 19.4 Å². The average Bonchev–Trinajstić information content (AvgIpc) is 2.96. The topological polar surface area (TPSA) is 48.1 Å². The normalized spacial score (nSPS) is 16.1. The zero-order valence-electron chi connectivity index (χ0n) is 14.8. The fraction of sp³-hybridized carbons (Fsp3) is 0.250. The number of H-pyrrole nitrogens is 1. The minimum Gasteiger partial charge on any atom is -0.363 e. The van der Waals surface area contributed by atoms with E-state index in [4.69, 9.17) is 11.6 Å². The fourth-order valence-corrected chi connectivity index (χ4v) is 3.79. The molecule has 1 atom stereocenters. The summed E-state index contributed by atoms with van der Waals surface area (Å²) in [6.07, 6.45) is -0.0156. The summed E-state index contributed by atoms with van der Waals surface area (Å²) in [6.45, 7) is 4.54. The van der Waals surface area contributed by atoms with Crippen LogP contribution in [-0.4, -0.2) is 11.1 Å². The van der Waals surface area contributed by atoms with Crippen molar-refractivity contribution in [3.05, 3.63) is 69.0 Å². The summed E-state index contributed by atoms with van der Waals surface area (Å²) in [5, 5.41) is 4.56. The van der Waals surface area contributed by atoms with Gasteiger partial charge in [0.2, 0.25) is 5.56 Å². The molecule has 2 N–H and O–H groups in total. The molecule has 0 saturated carbocycles. The predicted molar refractivity (Wildman–Crippen MR) is 104 cm³/mol. The number of aromatic nitrogens is 1. The molecule has 2 aromatic carbocycles. The first-order valence-electron chi connectivity index (χ1n) is 8.68. The second kappa shape index (κ2) is 6.53. The molecule has 0 amide bonds. The third kappa shape index (κ3) is 3.04. The van der Waals surface area contributed by atoms with Crippen LogP contribution in [0.15, 0.2) is 41.2 Å². The minimum absolute atomic E-state index is 0.0156. The lowest BCUT2D eigenvalue weighted by Gasteiger charge is -2.30. The van der Waals surface area contributed by atoms with Gasteiger partial charge in [-0.05, 0) is 41.8 Å². The molecule has 4 rings (SSSR count). The predicted octanol–water partition coefficient (Wildman–Crippen LogP) is 4.87. The van der Waals surface area contributed by atoms with E-state index in [0.717, 1.165) is 17.4 Å². The second-order valence-electron chi connectivity index (χ2n) is 7.07. The van der Waals surface area contributed by atoms with Gasteiger partial charge in [0.15, 0.2) is 11.6 Å². The zero-order chi connectivity index (χ0) is 19.3. The molecule has 0 aliphatic carbocycles. The number of benzene rings is 2. The molecule has 1 aliphatic heterocycles. The second-order valence-corrected chi connectivity index (χ2v) is 7.50. The summed E-state index contributed by atoms with van der Waals surface area (Å²) in [6, 6.07) is 9.60. The van der Waals surface area contributed by atoms with E-state index >= 15 is 0 Å². The van der Waals surface area contributed by atoms with Gasteiger partial charge in [0.05, 0.1) is 16.9 Å². The van der Waals surface area contributed by atoms with Crippen molar-refractivity contribution >= 4 is 33.9 Å². The van der Waals surface area contributed by atoms with Gasteiger partial charge in [0.25, 0.3) is 0 Å². The first-order valence-corrected chi connectivity index (χ1v) is 9.05. The van der Waals surface area contributed by atoms with Crippen LogP contribution in [0.25, 0.3) is 10.9 Å². The van der Waals surface area contributed by atoms with E-state index in [2.05, 4.69) is 29.0 Å². The van der Waals surface area contributed by atoms with Crippen molar-refractivity contribution in [2.75, 3.05) is 10.2 Å². The van der Waals surface area contributed by atoms with Crippen LogP contribution < -0.4 is 15.8 Å². The standard InChI is InChI=1S/C20H18ClF2N3O/c1-10(2)20-24-15-8-12(21)3-6-16(15)26(20)9-11-7-17(27)25-19-13(11)4-5-14(22)18(19)23/h3-8,10,20,24H,9H2,1-2H3,(H,25,27). The highest BCUT2D eigenvalue weighted by molar-refractivity contribution is 6.31. The average molecular weight is 390 g/mol. The largest absolute Gasteiger partial charge is 0.363 e. The Kier molecular flexibility index (Phi) is 4.30. The number of fused-ring (bicyclic) bond motifs is 2. The van der Waals surface area contributed by atoms with Crippen molar-refractivity contribution in [1.82, 2.24) is 4.98 Å². The molecular formula is C20H18ClF2N3O. The van der Waals surface area contributed by atoms with Crippen LogP contribution in [0.4, 0.5) is 20.2 Å². The van der Waals surface area contributed by atoms with E-state index in [1.165, 1.54) is 12.1 Å². The maximum Gasteiger partial charge on any atom is 0.248 e. The number of pyridine rings is 1. The van der Waals surface area contributed by atoms with Crippen molar-refractivity contribution in [3.63, 3.8) is 0 Å². The van der Waals surface area contributed by atoms with Gasteiger partial charge in [0, 0.05) is 23.0 Å². The van der Waals surface area contributed by atoms with E-state index in [1.807, 2.05) is 18.2 Å². The molecule has 4 nitrogen and oxygen atoms in total. The van der Waals surface area contributed by atoms with Crippen LogP contribution in [0.5, 0.6) is 0 Å². The van der Waals surface area contributed by atoms with E-state index in [-0.39, 0.29) is 17.6 Å². The summed E-state index contributed by atoms with van der Waals surface area (Å²) in [7, 11) is 0. The number of hydrogen-bond donors (Lipinski definition) is 2. The zero-order valence-corrected chi connectivity index (χ0v) is 15.6. The lowest BCUT2D eigenvalue weighted by molar-refractivity contribution is 0.507.